The van der Waals surface area contributed by atoms with Crippen LogP contribution in [0.5, 0.6) is 0 Å². The van der Waals surface area contributed by atoms with Gasteiger partial charge in [-0.3, -0.25) is 19.9 Å². The molecule has 7 nitrogen and oxygen atoms in total. The molecule has 0 unspecified atom stereocenters. The van der Waals surface area contributed by atoms with Crippen molar-refractivity contribution in [2.75, 3.05) is 18.4 Å². The number of amides is 2. The number of carbonyl (C=O) groups excluding carboxylic acids is 2. The van der Waals surface area contributed by atoms with Crippen molar-refractivity contribution in [2.24, 2.45) is 0 Å². The molecule has 6 rings (SSSR count). The van der Waals surface area contributed by atoms with E-state index in [1.807, 2.05) is 0 Å². The maximum atomic E-state index is 15.6. The Morgan fingerprint density at radius 2 is 1.81 bits per heavy atom. The molecule has 0 bridgehead atoms. The zero-order chi connectivity index (χ0) is 29.9. The van der Waals surface area contributed by atoms with Gasteiger partial charge in [-0.05, 0) is 43.0 Å². The molecule has 1 spiro atoms. The first-order valence-electron chi connectivity index (χ1n) is 13.7. The van der Waals surface area contributed by atoms with Crippen molar-refractivity contribution in [1.29, 1.82) is 0 Å². The summed E-state index contributed by atoms with van der Waals surface area (Å²) in [7, 11) is 0. The van der Waals surface area contributed by atoms with Crippen molar-refractivity contribution >= 4 is 17.6 Å². The van der Waals surface area contributed by atoms with Crippen LogP contribution in [-0.4, -0.2) is 58.0 Å². The van der Waals surface area contributed by atoms with E-state index in [4.69, 9.17) is 0 Å². The van der Waals surface area contributed by atoms with Crippen LogP contribution in [0.3, 0.4) is 0 Å². The van der Waals surface area contributed by atoms with Gasteiger partial charge < -0.3 is 10.2 Å². The number of fused-ring (bicyclic) bond motifs is 3. The molecule has 2 aromatic heterocycles. The lowest BCUT2D eigenvalue weighted by molar-refractivity contribution is -0.171. The topological polar surface area (TPSA) is 87.2 Å². The van der Waals surface area contributed by atoms with Gasteiger partial charge in [0.05, 0.1) is 18.0 Å². The molecule has 3 aromatic rings. The van der Waals surface area contributed by atoms with Crippen LogP contribution >= 0.6 is 0 Å². The van der Waals surface area contributed by atoms with Gasteiger partial charge in [0, 0.05) is 47.6 Å². The maximum Gasteiger partial charge on any atom is 0.406 e. The van der Waals surface area contributed by atoms with Crippen LogP contribution in [0.4, 0.5) is 27.8 Å². The number of rotatable bonds is 6. The summed E-state index contributed by atoms with van der Waals surface area (Å²) in [5.74, 6) is -4.65. The van der Waals surface area contributed by atoms with Crippen LogP contribution in [0.15, 0.2) is 60.9 Å². The predicted octanol–water partition coefficient (Wildman–Crippen LogP) is 4.48. The van der Waals surface area contributed by atoms with Gasteiger partial charge >= 0.3 is 6.18 Å². The number of halogens is 5. The normalized spacial score (nSPS) is 25.5. The minimum absolute atomic E-state index is 0.0714. The van der Waals surface area contributed by atoms with Crippen LogP contribution in [-0.2, 0) is 33.8 Å². The lowest BCUT2D eigenvalue weighted by atomic mass is 9.80. The van der Waals surface area contributed by atoms with Crippen molar-refractivity contribution in [2.45, 2.75) is 61.7 Å². The van der Waals surface area contributed by atoms with Crippen molar-refractivity contribution in [3.05, 3.63) is 88.9 Å². The van der Waals surface area contributed by atoms with E-state index in [1.165, 1.54) is 6.07 Å². The van der Waals surface area contributed by atoms with E-state index in [9.17, 15) is 22.8 Å². The second kappa shape index (κ2) is 10.1. The summed E-state index contributed by atoms with van der Waals surface area (Å²) in [6, 6.07) is 11.6. The fraction of sp³-hybridized carbons (Fsp3) is 0.400. The average molecular weight is 586 g/mol. The number of nitrogens with one attached hydrogen (secondary N) is 2. The molecule has 1 saturated heterocycles. The van der Waals surface area contributed by atoms with Crippen LogP contribution in [0.1, 0.15) is 47.2 Å². The molecule has 0 radical (unpaired) electrons. The summed E-state index contributed by atoms with van der Waals surface area (Å²) in [5, 5.41) is 5.34. The Labute approximate surface area is 238 Å². The highest BCUT2D eigenvalue weighted by atomic mass is 19.4. The molecule has 4 atom stereocenters. The highest BCUT2D eigenvalue weighted by molar-refractivity contribution is 6.06. The molecule has 1 aromatic carbocycles. The van der Waals surface area contributed by atoms with Crippen molar-refractivity contribution in [3.8, 4) is 0 Å². The maximum absolute atomic E-state index is 15.6. The lowest BCUT2D eigenvalue weighted by Gasteiger charge is -2.43. The fourth-order valence-electron chi connectivity index (χ4n) is 6.54. The third-order valence-electron chi connectivity index (χ3n) is 8.73. The van der Waals surface area contributed by atoms with Gasteiger partial charge in [0.25, 0.3) is 5.92 Å². The van der Waals surface area contributed by atoms with E-state index in [2.05, 4.69) is 20.6 Å². The number of pyridine rings is 2. The first-order chi connectivity index (χ1) is 19.9. The van der Waals surface area contributed by atoms with E-state index in [1.54, 1.807) is 55.6 Å². The quantitative estimate of drug-likeness (QED) is 0.417. The number of hydrogen-bond donors (Lipinski definition) is 2. The number of piperidine rings is 1. The Morgan fingerprint density at radius 1 is 1.05 bits per heavy atom. The molecule has 2 amide bonds. The number of hydrogen-bond acceptors (Lipinski definition) is 5. The van der Waals surface area contributed by atoms with Crippen molar-refractivity contribution in [3.63, 3.8) is 0 Å². The van der Waals surface area contributed by atoms with E-state index < -0.39 is 60.1 Å². The second-order valence-corrected chi connectivity index (χ2v) is 11.3. The molecule has 2 aliphatic heterocycles. The third-order valence-corrected chi connectivity index (χ3v) is 8.73. The minimum atomic E-state index is -4.64. The zero-order valence-electron chi connectivity index (χ0n) is 22.6. The SMILES string of the molecule is C[C@@H]1[C@H](c2ccccc2)C[C@H](NCC(F)(F)c2cnc3c(c2)C[C@@]2(C3)C(=O)Nc3ncccc32)C(=O)N1CC(F)(F)F. The molecule has 1 fully saturated rings. The van der Waals surface area contributed by atoms with Crippen molar-refractivity contribution in [1.82, 2.24) is 20.2 Å². The third kappa shape index (κ3) is 4.91. The van der Waals surface area contributed by atoms with Gasteiger partial charge in [0.1, 0.15) is 12.4 Å². The van der Waals surface area contributed by atoms with E-state index in [-0.39, 0.29) is 25.2 Å². The van der Waals surface area contributed by atoms with E-state index >= 15 is 8.78 Å². The first kappa shape index (κ1) is 28.2. The fourth-order valence-corrected chi connectivity index (χ4v) is 6.54. The summed E-state index contributed by atoms with van der Waals surface area (Å²) in [4.78, 5) is 35.3. The van der Waals surface area contributed by atoms with E-state index in [0.717, 1.165) is 16.7 Å². The molecule has 42 heavy (non-hydrogen) atoms. The largest absolute Gasteiger partial charge is 0.406 e. The molecular weight excluding hydrogens is 557 g/mol. The summed E-state index contributed by atoms with van der Waals surface area (Å²) in [5.41, 5.74) is 1.11. The summed E-state index contributed by atoms with van der Waals surface area (Å²) in [6.45, 7) is -0.889. The number of alkyl halides is 5. The van der Waals surface area contributed by atoms with Gasteiger partial charge in [0.2, 0.25) is 11.8 Å². The Balaban J connectivity index is 1.21. The van der Waals surface area contributed by atoms with Gasteiger partial charge in [-0.15, -0.1) is 0 Å². The van der Waals surface area contributed by atoms with Gasteiger partial charge in [0.15, 0.2) is 0 Å². The molecule has 12 heteroatoms. The number of aromatic nitrogens is 2. The highest BCUT2D eigenvalue weighted by Crippen LogP contribution is 2.46. The lowest BCUT2D eigenvalue weighted by Crippen LogP contribution is -2.59. The molecule has 1 aliphatic carbocycles. The Hall–Kier alpha value is -3.93. The number of nitrogens with zero attached hydrogens (tertiary/aromatic N) is 3. The van der Waals surface area contributed by atoms with E-state index in [0.29, 0.717) is 22.6 Å². The molecule has 3 aliphatic rings. The molecular formula is C30H28F5N5O2. The van der Waals surface area contributed by atoms with Gasteiger partial charge in [-0.1, -0.05) is 36.4 Å². The summed E-state index contributed by atoms with van der Waals surface area (Å²) < 4.78 is 71.3. The first-order valence-corrected chi connectivity index (χ1v) is 13.7. The number of anilines is 1. The standard InChI is InChI=1S/C30H28F5N5O2/c1-17-21(18-6-3-2-4-7-18)11-23(26(41)40(17)16-30(33,34)35)38-15-29(31,32)20-10-19-12-28(13-24(19)37-14-20)22-8-5-9-36-25(22)39-27(28)42/h2-10,14,17,21,23,38H,11-13,15-16H2,1H3,(H,36,39,42)/t17-,21-,23+,28+/m1/s1. The number of likely N-dealkylation sites (tertiary alicyclic amines) is 1. The van der Waals surface area contributed by atoms with Crippen LogP contribution < -0.4 is 10.6 Å². The predicted molar refractivity (Wildman–Crippen MR) is 143 cm³/mol. The molecule has 2 N–H and O–H groups in total. The Kier molecular flexibility index (Phi) is 6.79. The molecule has 220 valence electrons. The summed E-state index contributed by atoms with van der Waals surface area (Å²) >= 11 is 0. The van der Waals surface area contributed by atoms with Crippen molar-refractivity contribution < 1.29 is 31.5 Å². The summed E-state index contributed by atoms with van der Waals surface area (Å²) in [6.07, 6.45) is -1.52. The van der Waals surface area contributed by atoms with Gasteiger partial charge in [-0.25, -0.2) is 4.98 Å². The number of carbonyl (C=O) groups is 2. The monoisotopic (exact) mass is 585 g/mol. The Morgan fingerprint density at radius 3 is 2.55 bits per heavy atom. The minimum Gasteiger partial charge on any atom is -0.329 e. The molecule has 4 heterocycles. The highest BCUT2D eigenvalue weighted by Gasteiger charge is 2.52. The zero-order valence-corrected chi connectivity index (χ0v) is 22.6. The van der Waals surface area contributed by atoms with Crippen LogP contribution in [0.2, 0.25) is 0 Å². The number of benzene rings is 1. The van der Waals surface area contributed by atoms with Gasteiger partial charge in [-0.2, -0.15) is 22.0 Å². The molecule has 0 saturated carbocycles. The van der Waals surface area contributed by atoms with Crippen LogP contribution in [0.25, 0.3) is 0 Å². The second-order valence-electron chi connectivity index (χ2n) is 11.3. The Bertz CT molecular complexity index is 1530. The van der Waals surface area contributed by atoms with Crippen LogP contribution in [0, 0.1) is 0 Å². The average Bonchev–Trinajstić information content (AvgIpc) is 3.47. The smallest absolute Gasteiger partial charge is 0.329 e.